The highest BCUT2D eigenvalue weighted by atomic mass is 16.6. The van der Waals surface area contributed by atoms with Gasteiger partial charge in [-0.15, -0.1) is 0 Å². The van der Waals surface area contributed by atoms with Crippen LogP contribution in [-0.2, 0) is 0 Å². The van der Waals surface area contributed by atoms with E-state index in [1.165, 1.54) is 0 Å². The van der Waals surface area contributed by atoms with Gasteiger partial charge >= 0.3 is 5.95 Å². The molecule has 2 heterocycles. The molecular formula is C10H10N2O2. The molecule has 0 unspecified atom stereocenters. The average Bonchev–Trinajstić information content (AvgIpc) is 2.68. The molecule has 0 aromatic carbocycles. The van der Waals surface area contributed by atoms with E-state index in [9.17, 15) is 0 Å². The number of hydrogen-bond donors (Lipinski definition) is 0. The molecule has 0 fully saturated rings. The van der Waals surface area contributed by atoms with Crippen LogP contribution in [0, 0.1) is 0 Å². The van der Waals surface area contributed by atoms with Crippen LogP contribution in [0.4, 0.5) is 0 Å². The molecule has 72 valence electrons. The summed E-state index contributed by atoms with van der Waals surface area (Å²) in [4.78, 5) is 8.00. The van der Waals surface area contributed by atoms with Crippen LogP contribution in [0.15, 0.2) is 35.1 Å². The molecule has 0 N–H and O–H groups in total. The van der Waals surface area contributed by atoms with Crippen LogP contribution in [-0.4, -0.2) is 16.6 Å². The second-order valence-electron chi connectivity index (χ2n) is 2.65. The van der Waals surface area contributed by atoms with Crippen molar-refractivity contribution < 1.29 is 9.15 Å². The van der Waals surface area contributed by atoms with Gasteiger partial charge in [-0.2, -0.15) is 0 Å². The molecule has 0 bridgehead atoms. The van der Waals surface area contributed by atoms with Crippen molar-refractivity contribution in [1.29, 1.82) is 0 Å². The third kappa shape index (κ3) is 1.74. The highest BCUT2D eigenvalue weighted by Gasteiger charge is 2.05. The smallest absolute Gasteiger partial charge is 0.305 e. The van der Waals surface area contributed by atoms with Crippen molar-refractivity contribution in [3.8, 4) is 17.4 Å². The number of ether oxygens (including phenoxy) is 1. The molecule has 14 heavy (non-hydrogen) atoms. The summed E-state index contributed by atoms with van der Waals surface area (Å²) in [6.45, 7) is 2.47. The van der Waals surface area contributed by atoms with Crippen LogP contribution in [0.3, 0.4) is 0 Å². The third-order valence-corrected chi connectivity index (χ3v) is 1.70. The fraction of sp³-hybridized carbons (Fsp3) is 0.200. The van der Waals surface area contributed by atoms with Crippen LogP contribution >= 0.6 is 0 Å². The summed E-state index contributed by atoms with van der Waals surface area (Å²) in [7, 11) is 0. The first kappa shape index (κ1) is 8.74. The first-order chi connectivity index (χ1) is 6.90. The van der Waals surface area contributed by atoms with Crippen LogP contribution < -0.4 is 4.74 Å². The lowest BCUT2D eigenvalue weighted by atomic mass is 10.3. The van der Waals surface area contributed by atoms with E-state index < -0.39 is 0 Å². The number of aromatic nitrogens is 2. The van der Waals surface area contributed by atoms with Crippen molar-refractivity contribution in [2.45, 2.75) is 6.92 Å². The number of oxazole rings is 1. The van der Waals surface area contributed by atoms with Crippen LogP contribution in [0.5, 0.6) is 5.95 Å². The van der Waals surface area contributed by atoms with Gasteiger partial charge in [0.1, 0.15) is 6.20 Å². The SMILES string of the molecule is CCOc1cnc(-c2ccncc2)o1. The Balaban J connectivity index is 2.25. The largest absolute Gasteiger partial charge is 0.464 e. The molecule has 2 rings (SSSR count). The predicted octanol–water partition coefficient (Wildman–Crippen LogP) is 2.14. The van der Waals surface area contributed by atoms with Gasteiger partial charge < -0.3 is 9.15 Å². The van der Waals surface area contributed by atoms with Crippen LogP contribution in [0.25, 0.3) is 11.5 Å². The summed E-state index contributed by atoms with van der Waals surface area (Å²) in [5, 5.41) is 0. The van der Waals surface area contributed by atoms with Gasteiger partial charge in [-0.3, -0.25) is 4.98 Å². The van der Waals surface area contributed by atoms with Crippen molar-refractivity contribution in [2.24, 2.45) is 0 Å². The van der Waals surface area contributed by atoms with Crippen molar-refractivity contribution >= 4 is 0 Å². The van der Waals surface area contributed by atoms with E-state index in [-0.39, 0.29) is 0 Å². The van der Waals surface area contributed by atoms with Crippen molar-refractivity contribution in [3.63, 3.8) is 0 Å². The van der Waals surface area contributed by atoms with Gasteiger partial charge in [0.15, 0.2) is 0 Å². The van der Waals surface area contributed by atoms with Crippen LogP contribution in [0.1, 0.15) is 6.92 Å². The Kier molecular flexibility index (Phi) is 2.44. The molecule has 0 saturated carbocycles. The summed E-state index contributed by atoms with van der Waals surface area (Å²) < 4.78 is 10.5. The number of hydrogen-bond acceptors (Lipinski definition) is 4. The van der Waals surface area contributed by atoms with Gasteiger partial charge in [0.25, 0.3) is 0 Å². The molecule has 4 heteroatoms. The molecule has 0 aliphatic rings. The van der Waals surface area contributed by atoms with E-state index in [4.69, 9.17) is 9.15 Å². The Morgan fingerprint density at radius 3 is 2.86 bits per heavy atom. The summed E-state index contributed by atoms with van der Waals surface area (Å²) in [5.41, 5.74) is 0.894. The standard InChI is InChI=1S/C10H10N2O2/c1-2-13-9-7-12-10(14-9)8-3-5-11-6-4-8/h3-7H,2H2,1H3. The first-order valence-electron chi connectivity index (χ1n) is 4.39. The van der Waals surface area contributed by atoms with E-state index in [0.717, 1.165) is 5.56 Å². The lowest BCUT2D eigenvalue weighted by molar-refractivity contribution is 0.260. The van der Waals surface area contributed by atoms with Gasteiger partial charge in [0.05, 0.1) is 6.61 Å². The quantitative estimate of drug-likeness (QED) is 0.743. The minimum atomic E-state index is 0.444. The molecule has 2 aromatic heterocycles. The highest BCUT2D eigenvalue weighted by molar-refractivity contribution is 5.51. The Labute approximate surface area is 81.6 Å². The lowest BCUT2D eigenvalue weighted by Gasteiger charge is -1.95. The fourth-order valence-electron chi connectivity index (χ4n) is 1.10. The molecule has 0 aliphatic heterocycles. The van der Waals surface area contributed by atoms with Gasteiger partial charge in [0, 0.05) is 18.0 Å². The van der Waals surface area contributed by atoms with E-state index in [1.807, 2.05) is 19.1 Å². The van der Waals surface area contributed by atoms with Gasteiger partial charge in [-0.1, -0.05) is 0 Å². The Morgan fingerprint density at radius 2 is 2.14 bits per heavy atom. The fourth-order valence-corrected chi connectivity index (χ4v) is 1.10. The molecule has 2 aromatic rings. The van der Waals surface area contributed by atoms with E-state index in [0.29, 0.717) is 18.4 Å². The molecule has 0 atom stereocenters. The monoisotopic (exact) mass is 190 g/mol. The molecule has 0 saturated heterocycles. The molecule has 0 radical (unpaired) electrons. The minimum absolute atomic E-state index is 0.444. The Hall–Kier alpha value is -1.84. The van der Waals surface area contributed by atoms with E-state index in [1.54, 1.807) is 18.6 Å². The zero-order valence-electron chi connectivity index (χ0n) is 7.80. The topological polar surface area (TPSA) is 48.2 Å². The molecular weight excluding hydrogens is 180 g/mol. The van der Waals surface area contributed by atoms with Crippen LogP contribution in [0.2, 0.25) is 0 Å². The third-order valence-electron chi connectivity index (χ3n) is 1.70. The normalized spacial score (nSPS) is 10.1. The Bertz CT molecular complexity index is 398. The van der Waals surface area contributed by atoms with Crippen molar-refractivity contribution in [2.75, 3.05) is 6.61 Å². The number of nitrogens with zero attached hydrogens (tertiary/aromatic N) is 2. The van der Waals surface area contributed by atoms with Gasteiger partial charge in [-0.05, 0) is 19.1 Å². The maximum atomic E-state index is 5.35. The summed E-state index contributed by atoms with van der Waals surface area (Å²) >= 11 is 0. The average molecular weight is 190 g/mol. The molecule has 0 amide bonds. The first-order valence-corrected chi connectivity index (χ1v) is 4.39. The molecule has 0 aliphatic carbocycles. The molecule has 4 nitrogen and oxygen atoms in total. The van der Waals surface area contributed by atoms with E-state index >= 15 is 0 Å². The van der Waals surface area contributed by atoms with Gasteiger partial charge in [0.2, 0.25) is 5.89 Å². The predicted molar refractivity (Wildman–Crippen MR) is 50.9 cm³/mol. The Morgan fingerprint density at radius 1 is 1.36 bits per heavy atom. The van der Waals surface area contributed by atoms with Crippen molar-refractivity contribution in [3.05, 3.63) is 30.7 Å². The number of rotatable bonds is 3. The van der Waals surface area contributed by atoms with Gasteiger partial charge in [-0.25, -0.2) is 4.98 Å². The van der Waals surface area contributed by atoms with Crippen molar-refractivity contribution in [1.82, 2.24) is 9.97 Å². The summed E-state index contributed by atoms with van der Waals surface area (Å²) in [6, 6.07) is 3.67. The summed E-state index contributed by atoms with van der Waals surface area (Å²) in [6.07, 6.45) is 4.96. The lowest BCUT2D eigenvalue weighted by Crippen LogP contribution is -1.87. The summed E-state index contributed by atoms with van der Waals surface area (Å²) in [5.74, 6) is 0.996. The maximum Gasteiger partial charge on any atom is 0.305 e. The second-order valence-corrected chi connectivity index (χ2v) is 2.65. The minimum Gasteiger partial charge on any atom is -0.464 e. The number of pyridine rings is 1. The second kappa shape index (κ2) is 3.91. The molecule has 0 spiro atoms. The zero-order chi connectivity index (χ0) is 9.80. The van der Waals surface area contributed by atoms with E-state index in [2.05, 4.69) is 9.97 Å². The highest BCUT2D eigenvalue weighted by Crippen LogP contribution is 2.21. The maximum absolute atomic E-state index is 5.35. The zero-order valence-corrected chi connectivity index (χ0v) is 7.80.